The molecule has 8 nitrogen and oxygen atoms in total. The molecule has 6 N–H and O–H groups in total. The second-order valence-electron chi connectivity index (χ2n) is 4.02. The topological polar surface area (TPSA) is 156 Å². The van der Waals surface area contributed by atoms with Gasteiger partial charge in [-0.3, -0.25) is 9.13 Å². The summed E-state index contributed by atoms with van der Waals surface area (Å²) in [5.41, 5.74) is 0. The molecular weight excluding hydrogens is 262 g/mol. The second-order valence-corrected chi connectivity index (χ2v) is 8.13. The van der Waals surface area contributed by atoms with Crippen molar-refractivity contribution in [2.45, 2.75) is 37.4 Å². The van der Waals surface area contributed by atoms with Gasteiger partial charge in [-0.25, -0.2) is 0 Å². The number of hydrogen-bond acceptors (Lipinski definition) is 4. The minimum Gasteiger partial charge on any atom is -0.378 e. The highest BCUT2D eigenvalue weighted by Gasteiger charge is 2.46. The summed E-state index contributed by atoms with van der Waals surface area (Å²) in [5, 5.41) is 13.9. The molecule has 0 aliphatic carbocycles. The van der Waals surface area contributed by atoms with E-state index in [-0.39, 0.29) is 0 Å². The van der Waals surface area contributed by atoms with Gasteiger partial charge in [-0.05, 0) is 26.7 Å². The van der Waals surface area contributed by atoms with E-state index in [1.165, 1.54) is 0 Å². The van der Waals surface area contributed by atoms with Crippen LogP contribution >= 0.6 is 15.2 Å². The third-order valence-corrected chi connectivity index (χ3v) is 5.28. The molecule has 0 saturated carbocycles. The Balaban J connectivity index is 4.72. The summed E-state index contributed by atoms with van der Waals surface area (Å²) in [6, 6.07) is 0. The highest BCUT2D eigenvalue weighted by atomic mass is 31.2. The molecule has 2 atom stereocenters. The molecule has 0 saturated heterocycles. The molecule has 0 radical (unpaired) electrons. The highest BCUT2D eigenvalue weighted by Crippen LogP contribution is 2.55. The van der Waals surface area contributed by atoms with E-state index in [0.717, 1.165) is 13.8 Å². The molecule has 0 amide bonds. The maximum absolute atomic E-state index is 10.8. The van der Waals surface area contributed by atoms with E-state index >= 15 is 0 Å². The monoisotopic (exact) mass is 278 g/mol. The summed E-state index contributed by atoms with van der Waals surface area (Å²) in [7, 11) is -9.63. The van der Waals surface area contributed by atoms with Crippen LogP contribution in [0.15, 0.2) is 0 Å². The maximum atomic E-state index is 10.8. The van der Waals surface area contributed by atoms with Gasteiger partial charge >= 0.3 is 15.2 Å². The van der Waals surface area contributed by atoms with Gasteiger partial charge in [0.25, 0.3) is 0 Å². The Morgan fingerprint density at radius 1 is 0.812 bits per heavy atom. The fourth-order valence-electron chi connectivity index (χ4n) is 0.765. The largest absolute Gasteiger partial charge is 0.378 e. The summed E-state index contributed by atoms with van der Waals surface area (Å²) in [4.78, 5) is 34.9. The van der Waals surface area contributed by atoms with Crippen molar-refractivity contribution in [2.24, 2.45) is 0 Å². The van der Waals surface area contributed by atoms with Crippen LogP contribution in [-0.2, 0) is 9.13 Å². The van der Waals surface area contributed by atoms with Gasteiger partial charge in [0.1, 0.15) is 0 Å². The zero-order chi connectivity index (χ0) is 13.4. The third-order valence-electron chi connectivity index (χ3n) is 2.33. The lowest BCUT2D eigenvalue weighted by molar-refractivity contribution is 0.0526. The lowest BCUT2D eigenvalue weighted by Gasteiger charge is -2.29. The molecule has 16 heavy (non-hydrogen) atoms. The Labute approximate surface area is 92.3 Å². The van der Waals surface area contributed by atoms with Gasteiger partial charge in [0.15, 0.2) is 10.7 Å². The van der Waals surface area contributed by atoms with Gasteiger partial charge in [0, 0.05) is 0 Å². The summed E-state index contributed by atoms with van der Waals surface area (Å²) in [6.45, 7) is 1.67. The number of hydrogen-bond donors (Lipinski definition) is 6. The van der Waals surface area contributed by atoms with Gasteiger partial charge in [-0.1, -0.05) is 0 Å². The zero-order valence-electron chi connectivity index (χ0n) is 8.81. The van der Waals surface area contributed by atoms with Crippen LogP contribution in [0.25, 0.3) is 0 Å². The lowest BCUT2D eigenvalue weighted by Crippen LogP contribution is -2.31. The summed E-state index contributed by atoms with van der Waals surface area (Å²) in [6.07, 6.45) is -1.29. The van der Waals surface area contributed by atoms with Crippen LogP contribution in [0.5, 0.6) is 0 Å². The molecule has 0 spiro atoms. The van der Waals surface area contributed by atoms with Crippen molar-refractivity contribution in [1.29, 1.82) is 0 Å². The summed E-state index contributed by atoms with van der Waals surface area (Å²) in [5.74, 6) is 0. The Morgan fingerprint density at radius 3 is 1.12 bits per heavy atom. The standard InChI is InChI=1S/C6H16O8P2/c1-5(7,15(9,10)11)3-4-6(2,8)16(12,13)14/h7-8H,3-4H2,1-2H3,(H2,9,10,11)(H2,12,13,14). The predicted octanol–water partition coefficient (Wildman–Crippen LogP) is -0.461. The van der Waals surface area contributed by atoms with Crippen molar-refractivity contribution in [1.82, 2.24) is 0 Å². The first-order valence-electron chi connectivity index (χ1n) is 4.27. The maximum Gasteiger partial charge on any atom is 0.356 e. The molecular formula is C6H16O8P2. The molecule has 0 aromatic carbocycles. The predicted molar refractivity (Wildman–Crippen MR) is 54.6 cm³/mol. The minimum atomic E-state index is -4.82. The van der Waals surface area contributed by atoms with Crippen molar-refractivity contribution < 1.29 is 38.9 Å². The Bertz CT molecular complexity index is 302. The lowest BCUT2D eigenvalue weighted by atomic mass is 10.1. The quantitative estimate of drug-likeness (QED) is 0.369. The van der Waals surface area contributed by atoms with E-state index in [1.807, 2.05) is 0 Å². The molecule has 10 heteroatoms. The molecule has 0 rings (SSSR count). The first kappa shape index (κ1) is 16.2. The van der Waals surface area contributed by atoms with E-state index in [1.54, 1.807) is 0 Å². The van der Waals surface area contributed by atoms with Gasteiger partial charge in [-0.15, -0.1) is 0 Å². The van der Waals surface area contributed by atoms with Crippen LogP contribution in [0, 0.1) is 0 Å². The first-order chi connectivity index (χ1) is 6.71. The van der Waals surface area contributed by atoms with Crippen LogP contribution in [0.1, 0.15) is 26.7 Å². The van der Waals surface area contributed by atoms with Gasteiger partial charge in [-0.2, -0.15) is 0 Å². The van der Waals surface area contributed by atoms with E-state index in [2.05, 4.69) is 0 Å². The SMILES string of the molecule is CC(O)(CCC(C)(O)P(=O)(O)O)P(=O)(O)O. The fourth-order valence-corrected chi connectivity index (χ4v) is 1.57. The molecule has 0 fully saturated rings. The zero-order valence-corrected chi connectivity index (χ0v) is 10.6. The number of rotatable bonds is 5. The van der Waals surface area contributed by atoms with Crippen LogP contribution in [0.4, 0.5) is 0 Å². The van der Waals surface area contributed by atoms with E-state index in [9.17, 15) is 19.3 Å². The van der Waals surface area contributed by atoms with Crippen molar-refractivity contribution in [2.75, 3.05) is 0 Å². The smallest absolute Gasteiger partial charge is 0.356 e. The van der Waals surface area contributed by atoms with Crippen molar-refractivity contribution in [3.8, 4) is 0 Å². The molecule has 0 aromatic rings. The van der Waals surface area contributed by atoms with Gasteiger partial charge < -0.3 is 29.8 Å². The Kier molecular flexibility index (Phi) is 4.54. The average Bonchev–Trinajstić information content (AvgIpc) is 1.97. The van der Waals surface area contributed by atoms with E-state index < -0.39 is 38.7 Å². The van der Waals surface area contributed by atoms with E-state index in [0.29, 0.717) is 0 Å². The van der Waals surface area contributed by atoms with Crippen LogP contribution in [0.3, 0.4) is 0 Å². The second kappa shape index (κ2) is 4.48. The summed E-state index contributed by atoms with van der Waals surface area (Å²) < 4.78 is 21.6. The molecule has 0 aliphatic rings. The average molecular weight is 278 g/mol. The van der Waals surface area contributed by atoms with Crippen LogP contribution in [-0.4, -0.2) is 40.5 Å². The molecule has 0 heterocycles. The Hall–Kier alpha value is 0.220. The van der Waals surface area contributed by atoms with Crippen LogP contribution in [0.2, 0.25) is 0 Å². The van der Waals surface area contributed by atoms with Gasteiger partial charge in [0.05, 0.1) is 0 Å². The minimum absolute atomic E-state index is 0.643. The highest BCUT2D eigenvalue weighted by molar-refractivity contribution is 7.53. The van der Waals surface area contributed by atoms with Crippen molar-refractivity contribution >= 4 is 15.2 Å². The fraction of sp³-hybridized carbons (Fsp3) is 1.00. The molecule has 98 valence electrons. The first-order valence-corrected chi connectivity index (χ1v) is 7.49. The van der Waals surface area contributed by atoms with Crippen molar-refractivity contribution in [3.05, 3.63) is 0 Å². The van der Waals surface area contributed by atoms with E-state index in [4.69, 9.17) is 19.6 Å². The normalized spacial score (nSPS) is 21.2. The van der Waals surface area contributed by atoms with Crippen molar-refractivity contribution in [3.63, 3.8) is 0 Å². The molecule has 0 bridgehead atoms. The third kappa shape index (κ3) is 3.91. The molecule has 0 aliphatic heterocycles. The summed E-state index contributed by atoms with van der Waals surface area (Å²) >= 11 is 0. The Morgan fingerprint density at radius 2 is 1.00 bits per heavy atom. The molecule has 0 aromatic heterocycles. The molecule has 2 unspecified atom stereocenters. The van der Waals surface area contributed by atoms with Crippen LogP contribution < -0.4 is 0 Å². The van der Waals surface area contributed by atoms with Gasteiger partial charge in [0.2, 0.25) is 0 Å². The number of aliphatic hydroxyl groups is 2.